The third kappa shape index (κ3) is 3.60. The van der Waals surface area contributed by atoms with Crippen LogP contribution >= 0.6 is 23.1 Å². The van der Waals surface area contributed by atoms with Gasteiger partial charge in [-0.15, -0.1) is 11.8 Å². The summed E-state index contributed by atoms with van der Waals surface area (Å²) in [6.07, 6.45) is 7.07. The van der Waals surface area contributed by atoms with E-state index in [1.54, 1.807) is 24.0 Å². The maximum absolute atomic E-state index is 12.1. The number of rotatable bonds is 4. The Morgan fingerprint density at radius 3 is 2.91 bits per heavy atom. The maximum atomic E-state index is 12.1. The number of carbonyl (C=O) groups excluding carboxylic acids is 1. The first kappa shape index (κ1) is 15.7. The number of aryl methyl sites for hydroxylation is 1. The van der Waals surface area contributed by atoms with Crippen molar-refractivity contribution in [2.24, 2.45) is 0 Å². The highest BCUT2D eigenvalue weighted by atomic mass is 32.2. The predicted molar refractivity (Wildman–Crippen MR) is 98.0 cm³/mol. The fraction of sp³-hybridized carbons (Fsp3) is 0.118. The van der Waals surface area contributed by atoms with Crippen LogP contribution in [0.4, 0.5) is 5.13 Å². The number of para-hydroxylation sites is 1. The van der Waals surface area contributed by atoms with Crippen LogP contribution < -0.4 is 5.32 Å². The summed E-state index contributed by atoms with van der Waals surface area (Å²) >= 11 is 3.12. The van der Waals surface area contributed by atoms with Crippen molar-refractivity contribution in [3.05, 3.63) is 53.9 Å². The van der Waals surface area contributed by atoms with Gasteiger partial charge in [0.1, 0.15) is 0 Å². The Balaban J connectivity index is 1.77. The van der Waals surface area contributed by atoms with Crippen LogP contribution in [0.2, 0.25) is 0 Å². The molecule has 0 aliphatic rings. The van der Waals surface area contributed by atoms with Gasteiger partial charge in [-0.2, -0.15) is 0 Å². The topological polar surface area (TPSA) is 54.9 Å². The fourth-order valence-corrected chi connectivity index (χ4v) is 3.82. The number of thioether (sulfide) groups is 1. The number of pyridine rings is 1. The molecular formula is C17H15N3OS2. The zero-order chi connectivity index (χ0) is 16.2. The average Bonchev–Trinajstić information content (AvgIpc) is 2.92. The second-order valence-corrected chi connectivity index (χ2v) is 6.91. The molecule has 23 heavy (non-hydrogen) atoms. The molecule has 1 N–H and O–H groups in total. The van der Waals surface area contributed by atoms with Crippen LogP contribution in [-0.4, -0.2) is 22.1 Å². The molecule has 0 spiro atoms. The number of hydrogen-bond donors (Lipinski definition) is 1. The first-order valence-electron chi connectivity index (χ1n) is 7.01. The minimum Gasteiger partial charge on any atom is -0.298 e. The number of hydrogen-bond acceptors (Lipinski definition) is 5. The third-order valence-corrected chi connectivity index (χ3v) is 5.55. The van der Waals surface area contributed by atoms with Gasteiger partial charge < -0.3 is 0 Å². The number of aromatic nitrogens is 2. The second kappa shape index (κ2) is 6.93. The molecule has 6 heteroatoms. The van der Waals surface area contributed by atoms with E-state index in [1.165, 1.54) is 17.4 Å². The minimum absolute atomic E-state index is 0.188. The van der Waals surface area contributed by atoms with Crippen molar-refractivity contribution in [3.8, 4) is 0 Å². The molecule has 0 aliphatic carbocycles. The SMILES string of the molecule is CSc1sc(NC(=O)/C=C/c2ccnc3ccccc23)nc1C. The van der Waals surface area contributed by atoms with Crippen LogP contribution in [0.1, 0.15) is 11.3 Å². The van der Waals surface area contributed by atoms with Crippen LogP contribution in [-0.2, 0) is 4.79 Å². The lowest BCUT2D eigenvalue weighted by atomic mass is 10.1. The molecule has 0 radical (unpaired) electrons. The molecule has 3 rings (SSSR count). The summed E-state index contributed by atoms with van der Waals surface area (Å²) in [5.41, 5.74) is 2.82. The summed E-state index contributed by atoms with van der Waals surface area (Å²) in [6.45, 7) is 1.94. The second-order valence-electron chi connectivity index (χ2n) is 4.84. The summed E-state index contributed by atoms with van der Waals surface area (Å²) < 4.78 is 1.12. The lowest BCUT2D eigenvalue weighted by Crippen LogP contribution is -2.07. The molecule has 0 aliphatic heterocycles. The largest absolute Gasteiger partial charge is 0.298 e. The first-order chi connectivity index (χ1) is 11.2. The average molecular weight is 341 g/mol. The van der Waals surface area contributed by atoms with Gasteiger partial charge in [-0.1, -0.05) is 29.5 Å². The molecule has 1 aromatic carbocycles. The zero-order valence-electron chi connectivity index (χ0n) is 12.7. The van der Waals surface area contributed by atoms with E-state index in [4.69, 9.17) is 0 Å². The van der Waals surface area contributed by atoms with E-state index in [0.29, 0.717) is 5.13 Å². The van der Waals surface area contributed by atoms with Gasteiger partial charge >= 0.3 is 0 Å². The number of benzene rings is 1. The predicted octanol–water partition coefficient (Wildman–Crippen LogP) is 4.37. The smallest absolute Gasteiger partial charge is 0.250 e. The Morgan fingerprint density at radius 2 is 2.13 bits per heavy atom. The number of carbonyl (C=O) groups is 1. The molecule has 4 nitrogen and oxygen atoms in total. The number of amides is 1. The van der Waals surface area contributed by atoms with Crippen molar-refractivity contribution in [3.63, 3.8) is 0 Å². The van der Waals surface area contributed by atoms with Crippen LogP contribution in [0.15, 0.2) is 46.8 Å². The van der Waals surface area contributed by atoms with Crippen LogP contribution in [0.25, 0.3) is 17.0 Å². The van der Waals surface area contributed by atoms with Crippen molar-refractivity contribution < 1.29 is 4.79 Å². The number of nitrogens with zero attached hydrogens (tertiary/aromatic N) is 2. The first-order valence-corrected chi connectivity index (χ1v) is 9.06. The molecule has 0 atom stereocenters. The highest BCUT2D eigenvalue weighted by Crippen LogP contribution is 2.30. The highest BCUT2D eigenvalue weighted by Gasteiger charge is 2.08. The van der Waals surface area contributed by atoms with Gasteiger partial charge in [0, 0.05) is 17.7 Å². The van der Waals surface area contributed by atoms with Crippen LogP contribution in [0, 0.1) is 6.92 Å². The summed E-state index contributed by atoms with van der Waals surface area (Å²) in [5, 5.41) is 4.46. The van der Waals surface area contributed by atoms with E-state index < -0.39 is 0 Å². The molecule has 1 amide bonds. The number of thiazole rings is 1. The number of anilines is 1. The quantitative estimate of drug-likeness (QED) is 0.565. The standard InChI is InChI=1S/C17H15N3OS2/c1-11-16(22-2)23-17(19-11)20-15(21)8-7-12-9-10-18-14-6-4-3-5-13(12)14/h3-10H,1-2H3,(H,19,20,21)/b8-7+. The van der Waals surface area contributed by atoms with Gasteiger partial charge in [0.2, 0.25) is 5.91 Å². The van der Waals surface area contributed by atoms with Crippen LogP contribution in [0.3, 0.4) is 0 Å². The van der Waals surface area contributed by atoms with Crippen molar-refractivity contribution in [2.75, 3.05) is 11.6 Å². The lowest BCUT2D eigenvalue weighted by molar-refractivity contribution is -0.111. The molecule has 116 valence electrons. The molecule has 0 saturated heterocycles. The summed E-state index contributed by atoms with van der Waals surface area (Å²) in [4.78, 5) is 20.7. The van der Waals surface area contributed by atoms with Crippen molar-refractivity contribution in [2.45, 2.75) is 11.1 Å². The monoisotopic (exact) mass is 341 g/mol. The molecule has 0 bridgehead atoms. The summed E-state index contributed by atoms with van der Waals surface area (Å²) in [7, 11) is 0. The van der Waals surface area contributed by atoms with E-state index in [0.717, 1.165) is 26.4 Å². The van der Waals surface area contributed by atoms with Crippen molar-refractivity contribution in [1.29, 1.82) is 0 Å². The van der Waals surface area contributed by atoms with E-state index in [2.05, 4.69) is 15.3 Å². The van der Waals surface area contributed by atoms with Gasteiger partial charge in [0.25, 0.3) is 0 Å². The van der Waals surface area contributed by atoms with Gasteiger partial charge in [-0.05, 0) is 37.0 Å². The molecule has 2 heterocycles. The summed E-state index contributed by atoms with van der Waals surface area (Å²) in [5.74, 6) is -0.188. The maximum Gasteiger partial charge on any atom is 0.250 e. The molecule has 2 aromatic heterocycles. The Kier molecular flexibility index (Phi) is 4.73. The van der Waals surface area contributed by atoms with Gasteiger partial charge in [0.05, 0.1) is 15.4 Å². The fourth-order valence-electron chi connectivity index (χ4n) is 2.20. The van der Waals surface area contributed by atoms with Gasteiger partial charge in [-0.25, -0.2) is 4.98 Å². The lowest BCUT2D eigenvalue weighted by Gasteiger charge is -2.01. The van der Waals surface area contributed by atoms with E-state index >= 15 is 0 Å². The van der Waals surface area contributed by atoms with Crippen LogP contribution in [0.5, 0.6) is 0 Å². The molecule has 0 fully saturated rings. The Hall–Kier alpha value is -2.18. The third-order valence-electron chi connectivity index (χ3n) is 3.27. The molecule has 3 aromatic rings. The normalized spacial score (nSPS) is 11.2. The number of fused-ring (bicyclic) bond motifs is 1. The Labute approximate surface area is 142 Å². The van der Waals surface area contributed by atoms with E-state index in [-0.39, 0.29) is 5.91 Å². The Bertz CT molecular complexity index is 881. The highest BCUT2D eigenvalue weighted by molar-refractivity contribution is 8.00. The van der Waals surface area contributed by atoms with Crippen molar-refractivity contribution in [1.82, 2.24) is 9.97 Å². The molecular weight excluding hydrogens is 326 g/mol. The molecule has 0 unspecified atom stereocenters. The van der Waals surface area contributed by atoms with Crippen molar-refractivity contribution >= 4 is 51.1 Å². The van der Waals surface area contributed by atoms with Gasteiger partial charge in [0.15, 0.2) is 5.13 Å². The minimum atomic E-state index is -0.188. The number of nitrogens with one attached hydrogen (secondary N) is 1. The zero-order valence-corrected chi connectivity index (χ0v) is 14.4. The summed E-state index contributed by atoms with van der Waals surface area (Å²) in [6, 6.07) is 9.75. The van der Waals surface area contributed by atoms with Gasteiger partial charge in [-0.3, -0.25) is 15.1 Å². The Morgan fingerprint density at radius 1 is 1.30 bits per heavy atom. The molecule has 0 saturated carbocycles. The van der Waals surface area contributed by atoms with E-state index in [9.17, 15) is 4.79 Å². The van der Waals surface area contributed by atoms with E-state index in [1.807, 2.05) is 43.5 Å².